The number of aromatic nitrogens is 2. The monoisotopic (exact) mass is 424 g/mol. The Kier molecular flexibility index (Phi) is 6.69. The molecule has 0 spiro atoms. The van der Waals surface area contributed by atoms with Crippen molar-refractivity contribution < 1.29 is 9.53 Å². The van der Waals surface area contributed by atoms with Gasteiger partial charge in [-0.05, 0) is 53.4 Å². The number of rotatable bonds is 4. The quantitative estimate of drug-likeness (QED) is 0.514. The molecule has 1 aromatic heterocycles. The number of carbonyl (C=O) groups excluding carboxylic acids is 1. The minimum Gasteiger partial charge on any atom is -0.464 e. The van der Waals surface area contributed by atoms with Gasteiger partial charge in [-0.15, -0.1) is 0 Å². The van der Waals surface area contributed by atoms with Crippen LogP contribution in [-0.2, 0) is 22.0 Å². The fourth-order valence-electron chi connectivity index (χ4n) is 4.54. The SMILES string of the molecule is COC(=O)c1nn(-c2cc(C(C)(C)C)cc(C(C)(C)C)c2)c(CC2CCCCC2)c1C. The summed E-state index contributed by atoms with van der Waals surface area (Å²) in [5, 5.41) is 4.80. The molecule has 0 radical (unpaired) electrons. The van der Waals surface area contributed by atoms with Crippen LogP contribution >= 0.6 is 0 Å². The first kappa shape index (κ1) is 23.6. The Bertz CT molecular complexity index is 903. The van der Waals surface area contributed by atoms with Crippen molar-refractivity contribution in [1.29, 1.82) is 0 Å². The van der Waals surface area contributed by atoms with Crippen molar-refractivity contribution in [2.45, 2.75) is 97.8 Å². The van der Waals surface area contributed by atoms with E-state index in [0.29, 0.717) is 11.6 Å². The largest absolute Gasteiger partial charge is 0.464 e. The van der Waals surface area contributed by atoms with Gasteiger partial charge in [-0.2, -0.15) is 5.10 Å². The van der Waals surface area contributed by atoms with Crippen LogP contribution in [0.1, 0.15) is 107 Å². The zero-order valence-electron chi connectivity index (χ0n) is 20.8. The Balaban J connectivity index is 2.19. The normalized spacial score (nSPS) is 15.9. The molecular weight excluding hydrogens is 384 g/mol. The molecule has 1 fully saturated rings. The smallest absolute Gasteiger partial charge is 0.358 e. The van der Waals surface area contributed by atoms with Crippen molar-refractivity contribution in [1.82, 2.24) is 9.78 Å². The molecule has 0 aliphatic heterocycles. The molecule has 0 unspecified atom stereocenters. The van der Waals surface area contributed by atoms with E-state index in [-0.39, 0.29) is 16.8 Å². The highest BCUT2D eigenvalue weighted by Gasteiger charge is 2.27. The summed E-state index contributed by atoms with van der Waals surface area (Å²) in [7, 11) is 1.43. The summed E-state index contributed by atoms with van der Waals surface area (Å²) < 4.78 is 7.08. The molecule has 3 rings (SSSR count). The molecular formula is C27H40N2O2. The maximum Gasteiger partial charge on any atom is 0.358 e. The molecule has 1 aliphatic rings. The first-order chi connectivity index (χ1) is 14.4. The van der Waals surface area contributed by atoms with Gasteiger partial charge < -0.3 is 4.74 Å². The van der Waals surface area contributed by atoms with Gasteiger partial charge in [0.25, 0.3) is 0 Å². The lowest BCUT2D eigenvalue weighted by atomic mass is 9.80. The van der Waals surface area contributed by atoms with E-state index in [1.807, 2.05) is 11.6 Å². The zero-order chi connectivity index (χ0) is 23.0. The third-order valence-electron chi connectivity index (χ3n) is 6.72. The van der Waals surface area contributed by atoms with Crippen LogP contribution in [0.2, 0.25) is 0 Å². The second kappa shape index (κ2) is 8.80. The van der Waals surface area contributed by atoms with Crippen LogP contribution in [0.25, 0.3) is 5.69 Å². The van der Waals surface area contributed by atoms with Gasteiger partial charge in [-0.25, -0.2) is 9.48 Å². The van der Waals surface area contributed by atoms with Crippen molar-refractivity contribution in [2.75, 3.05) is 7.11 Å². The number of hydrogen-bond donors (Lipinski definition) is 0. The van der Waals surface area contributed by atoms with Gasteiger partial charge in [0.2, 0.25) is 0 Å². The Morgan fingerprint density at radius 1 is 1.00 bits per heavy atom. The third-order valence-corrected chi connectivity index (χ3v) is 6.72. The molecule has 31 heavy (non-hydrogen) atoms. The highest BCUT2D eigenvalue weighted by atomic mass is 16.5. The maximum atomic E-state index is 12.5. The molecule has 0 atom stereocenters. The molecule has 0 N–H and O–H groups in total. The van der Waals surface area contributed by atoms with Crippen molar-refractivity contribution in [3.05, 3.63) is 46.3 Å². The van der Waals surface area contributed by atoms with E-state index in [2.05, 4.69) is 59.7 Å². The number of hydrogen-bond acceptors (Lipinski definition) is 3. The van der Waals surface area contributed by atoms with E-state index in [0.717, 1.165) is 23.4 Å². The predicted octanol–water partition coefficient (Wildman–Crippen LogP) is 6.69. The van der Waals surface area contributed by atoms with Gasteiger partial charge in [0.1, 0.15) is 0 Å². The lowest BCUT2D eigenvalue weighted by molar-refractivity contribution is 0.0592. The molecule has 0 bridgehead atoms. The van der Waals surface area contributed by atoms with E-state index in [9.17, 15) is 4.79 Å². The van der Waals surface area contributed by atoms with Crippen LogP contribution in [0.15, 0.2) is 18.2 Å². The molecule has 1 aromatic carbocycles. The summed E-state index contributed by atoms with van der Waals surface area (Å²) in [6.45, 7) is 15.5. The summed E-state index contributed by atoms with van der Waals surface area (Å²) in [5.41, 5.74) is 6.19. The average molecular weight is 425 g/mol. The van der Waals surface area contributed by atoms with Crippen LogP contribution in [0.3, 0.4) is 0 Å². The van der Waals surface area contributed by atoms with Gasteiger partial charge in [-0.3, -0.25) is 0 Å². The van der Waals surface area contributed by atoms with Gasteiger partial charge in [0.05, 0.1) is 12.8 Å². The lowest BCUT2D eigenvalue weighted by Crippen LogP contribution is -2.18. The number of carbonyl (C=O) groups is 1. The minimum absolute atomic E-state index is 0.0208. The molecule has 170 valence electrons. The van der Waals surface area contributed by atoms with Crippen LogP contribution in [0.5, 0.6) is 0 Å². The number of methoxy groups -OCH3 is 1. The van der Waals surface area contributed by atoms with E-state index in [1.54, 1.807) is 0 Å². The molecule has 4 heteroatoms. The topological polar surface area (TPSA) is 44.1 Å². The highest BCUT2D eigenvalue weighted by Crippen LogP contribution is 2.34. The van der Waals surface area contributed by atoms with Crippen LogP contribution in [0.4, 0.5) is 0 Å². The molecule has 1 saturated carbocycles. The molecule has 1 heterocycles. The van der Waals surface area contributed by atoms with E-state index in [1.165, 1.54) is 50.3 Å². The van der Waals surface area contributed by atoms with Gasteiger partial charge in [-0.1, -0.05) is 79.7 Å². The highest BCUT2D eigenvalue weighted by molar-refractivity contribution is 5.89. The minimum atomic E-state index is -0.357. The lowest BCUT2D eigenvalue weighted by Gasteiger charge is -2.27. The van der Waals surface area contributed by atoms with Crippen molar-refractivity contribution in [2.24, 2.45) is 5.92 Å². The maximum absolute atomic E-state index is 12.5. The first-order valence-electron chi connectivity index (χ1n) is 11.7. The van der Waals surface area contributed by atoms with Crippen molar-refractivity contribution in [3.8, 4) is 5.69 Å². The second-order valence-electron chi connectivity index (χ2n) is 11.3. The molecule has 1 aliphatic carbocycles. The Morgan fingerprint density at radius 2 is 1.55 bits per heavy atom. The standard InChI is InChI=1S/C27H40N2O2/c1-18-23(14-19-12-10-9-11-13-19)29(28-24(18)25(30)31-8)22-16-20(26(2,3)4)15-21(17-22)27(5,6)7/h15-17,19H,9-14H2,1-8H3. The van der Waals surface area contributed by atoms with E-state index < -0.39 is 0 Å². The number of esters is 1. The molecule has 0 amide bonds. The first-order valence-corrected chi connectivity index (χ1v) is 11.7. The van der Waals surface area contributed by atoms with Gasteiger partial charge >= 0.3 is 5.97 Å². The van der Waals surface area contributed by atoms with Crippen molar-refractivity contribution in [3.63, 3.8) is 0 Å². The van der Waals surface area contributed by atoms with E-state index in [4.69, 9.17) is 9.84 Å². The summed E-state index contributed by atoms with van der Waals surface area (Å²) in [6.07, 6.45) is 7.41. The van der Waals surface area contributed by atoms with E-state index >= 15 is 0 Å². The summed E-state index contributed by atoms with van der Waals surface area (Å²) in [5.74, 6) is 0.297. The molecule has 4 nitrogen and oxygen atoms in total. The van der Waals surface area contributed by atoms with Gasteiger partial charge in [0.15, 0.2) is 5.69 Å². The predicted molar refractivity (Wildman–Crippen MR) is 127 cm³/mol. The van der Waals surface area contributed by atoms with Crippen LogP contribution in [0, 0.1) is 12.8 Å². The Hall–Kier alpha value is -2.10. The zero-order valence-corrected chi connectivity index (χ0v) is 20.8. The number of ether oxygens (including phenoxy) is 1. The fraction of sp³-hybridized carbons (Fsp3) is 0.630. The number of benzene rings is 1. The molecule has 0 saturated heterocycles. The van der Waals surface area contributed by atoms with Crippen molar-refractivity contribution >= 4 is 5.97 Å². The van der Waals surface area contributed by atoms with Crippen LogP contribution < -0.4 is 0 Å². The second-order valence-corrected chi connectivity index (χ2v) is 11.3. The Morgan fingerprint density at radius 3 is 2.03 bits per heavy atom. The van der Waals surface area contributed by atoms with Gasteiger partial charge in [0, 0.05) is 11.3 Å². The fourth-order valence-corrected chi connectivity index (χ4v) is 4.54. The number of nitrogens with zero attached hydrogens (tertiary/aromatic N) is 2. The Labute approximate surface area is 188 Å². The molecule has 2 aromatic rings. The third kappa shape index (κ3) is 5.22. The summed E-state index contributed by atoms with van der Waals surface area (Å²) >= 11 is 0. The van der Waals surface area contributed by atoms with Crippen LogP contribution in [-0.4, -0.2) is 22.9 Å². The average Bonchev–Trinajstić information content (AvgIpc) is 3.03. The summed E-state index contributed by atoms with van der Waals surface area (Å²) in [6, 6.07) is 6.81. The summed E-state index contributed by atoms with van der Waals surface area (Å²) in [4.78, 5) is 12.5.